The Kier molecular flexibility index (Phi) is 5.59. The maximum Gasteiger partial charge on any atom is 0.0483 e. The lowest BCUT2D eigenvalue weighted by molar-refractivity contribution is 0.0692. The normalized spacial score (nSPS) is 22.5. The summed E-state index contributed by atoms with van der Waals surface area (Å²) < 4.78 is 2.31. The van der Waals surface area contributed by atoms with Crippen molar-refractivity contribution < 1.29 is 5.11 Å². The first-order valence-electron chi connectivity index (χ1n) is 9.14. The van der Waals surface area contributed by atoms with Gasteiger partial charge in [0.15, 0.2) is 0 Å². The van der Waals surface area contributed by atoms with Gasteiger partial charge in [-0.3, -0.25) is 4.90 Å². The minimum atomic E-state index is 0.304. The molecule has 0 aliphatic carbocycles. The second kappa shape index (κ2) is 7.68. The van der Waals surface area contributed by atoms with Gasteiger partial charge in [-0.2, -0.15) is 0 Å². The van der Waals surface area contributed by atoms with E-state index in [-0.39, 0.29) is 0 Å². The first-order valence-corrected chi connectivity index (χ1v) is 9.14. The van der Waals surface area contributed by atoms with Gasteiger partial charge in [0.2, 0.25) is 0 Å². The quantitative estimate of drug-likeness (QED) is 0.884. The monoisotopic (exact) mass is 329 g/mol. The molecule has 1 saturated heterocycles. The topological polar surface area (TPSA) is 31.6 Å². The summed E-state index contributed by atoms with van der Waals surface area (Å²) in [5.74, 6) is 1.06. The molecule has 0 radical (unpaired) electrons. The van der Waals surface area contributed by atoms with Gasteiger partial charge >= 0.3 is 0 Å². The van der Waals surface area contributed by atoms with Gasteiger partial charge < -0.3 is 14.6 Å². The fourth-order valence-corrected chi connectivity index (χ4v) is 4.20. The summed E-state index contributed by atoms with van der Waals surface area (Å²) >= 11 is 0. The predicted molar refractivity (Wildman–Crippen MR) is 100 cm³/mol. The van der Waals surface area contributed by atoms with Crippen LogP contribution in [0, 0.1) is 11.8 Å². The summed E-state index contributed by atoms with van der Waals surface area (Å²) in [5.41, 5.74) is 2.70. The van der Waals surface area contributed by atoms with Crippen molar-refractivity contribution in [2.75, 3.05) is 40.3 Å². The molecule has 1 aliphatic heterocycles. The highest BCUT2D eigenvalue weighted by Crippen LogP contribution is 2.25. The van der Waals surface area contributed by atoms with E-state index >= 15 is 0 Å². The van der Waals surface area contributed by atoms with Crippen LogP contribution in [0.2, 0.25) is 0 Å². The van der Waals surface area contributed by atoms with E-state index in [0.717, 1.165) is 39.1 Å². The SMILES string of the molecule is CCn1ccc2ccc(CN3C[C@@H](CN(C)C)C[C@H](CO)C3)cc21. The van der Waals surface area contributed by atoms with Gasteiger partial charge in [0.25, 0.3) is 0 Å². The van der Waals surface area contributed by atoms with Crippen molar-refractivity contribution in [3.05, 3.63) is 36.0 Å². The van der Waals surface area contributed by atoms with E-state index in [1.165, 1.54) is 16.5 Å². The fraction of sp³-hybridized carbons (Fsp3) is 0.600. The zero-order valence-corrected chi connectivity index (χ0v) is 15.3. The lowest BCUT2D eigenvalue weighted by Gasteiger charge is -2.38. The summed E-state index contributed by atoms with van der Waals surface area (Å²) in [4.78, 5) is 4.79. The molecular weight excluding hydrogens is 298 g/mol. The first kappa shape index (κ1) is 17.5. The zero-order valence-electron chi connectivity index (χ0n) is 15.3. The van der Waals surface area contributed by atoms with Crippen LogP contribution >= 0.6 is 0 Å². The van der Waals surface area contributed by atoms with E-state index in [9.17, 15) is 5.11 Å². The van der Waals surface area contributed by atoms with Gasteiger partial charge in [-0.15, -0.1) is 0 Å². The summed E-state index contributed by atoms with van der Waals surface area (Å²) in [7, 11) is 4.28. The average molecular weight is 329 g/mol. The fourth-order valence-electron chi connectivity index (χ4n) is 4.20. The molecular formula is C20H31N3O. The van der Waals surface area contributed by atoms with Gasteiger partial charge in [0, 0.05) is 51.0 Å². The smallest absolute Gasteiger partial charge is 0.0483 e. The summed E-state index contributed by atoms with van der Waals surface area (Å²) in [5, 5.41) is 11.0. The maximum atomic E-state index is 9.67. The molecule has 1 aliphatic rings. The van der Waals surface area contributed by atoms with Crippen LogP contribution in [-0.2, 0) is 13.1 Å². The Hall–Kier alpha value is -1.36. The molecule has 2 heterocycles. The van der Waals surface area contributed by atoms with Crippen molar-refractivity contribution >= 4 is 10.9 Å². The van der Waals surface area contributed by atoms with E-state index in [1.54, 1.807) is 0 Å². The molecule has 0 unspecified atom stereocenters. The zero-order chi connectivity index (χ0) is 17.1. The molecule has 2 atom stereocenters. The number of aliphatic hydroxyl groups excluding tert-OH is 1. The number of aromatic nitrogens is 1. The highest BCUT2D eigenvalue weighted by atomic mass is 16.3. The van der Waals surface area contributed by atoms with Crippen molar-refractivity contribution in [1.82, 2.24) is 14.4 Å². The largest absolute Gasteiger partial charge is 0.396 e. The Bertz CT molecular complexity index is 664. The van der Waals surface area contributed by atoms with E-state index in [2.05, 4.69) is 65.8 Å². The third kappa shape index (κ3) is 4.00. The molecule has 0 bridgehead atoms. The van der Waals surface area contributed by atoms with Crippen LogP contribution in [0.3, 0.4) is 0 Å². The van der Waals surface area contributed by atoms with Crippen LogP contribution in [0.4, 0.5) is 0 Å². The molecule has 1 fully saturated rings. The van der Waals surface area contributed by atoms with Gasteiger partial charge in [0.1, 0.15) is 0 Å². The molecule has 4 heteroatoms. The molecule has 1 N–H and O–H groups in total. The third-order valence-corrected chi connectivity index (χ3v) is 5.17. The predicted octanol–water partition coefficient (Wildman–Crippen LogP) is 2.65. The number of piperidine rings is 1. The number of hydrogen-bond acceptors (Lipinski definition) is 3. The van der Waals surface area contributed by atoms with Crippen LogP contribution in [0.1, 0.15) is 18.9 Å². The molecule has 132 valence electrons. The summed E-state index contributed by atoms with van der Waals surface area (Å²) in [6.07, 6.45) is 3.31. The minimum Gasteiger partial charge on any atom is -0.396 e. The molecule has 1 aromatic carbocycles. The minimum absolute atomic E-state index is 0.304. The standard InChI is InChI=1S/C20H31N3O/c1-4-23-8-7-19-6-5-16(10-20(19)23)12-22-13-17(11-21(2)3)9-18(14-22)15-24/h5-8,10,17-18,24H,4,9,11-15H2,1-3H3/t17-,18+/m1/s1. The van der Waals surface area contributed by atoms with Crippen molar-refractivity contribution in [3.63, 3.8) is 0 Å². The molecule has 0 spiro atoms. The number of aliphatic hydroxyl groups is 1. The van der Waals surface area contributed by atoms with E-state index < -0.39 is 0 Å². The Morgan fingerprint density at radius 1 is 1.17 bits per heavy atom. The number of hydrogen-bond donors (Lipinski definition) is 1. The summed E-state index contributed by atoms with van der Waals surface area (Å²) in [6.45, 7) is 7.71. The van der Waals surface area contributed by atoms with Gasteiger partial charge in [-0.25, -0.2) is 0 Å². The molecule has 0 saturated carbocycles. The molecule has 3 rings (SSSR count). The number of aryl methyl sites for hydroxylation is 1. The Balaban J connectivity index is 1.73. The maximum absolute atomic E-state index is 9.67. The van der Waals surface area contributed by atoms with Gasteiger partial charge in [-0.05, 0) is 62.4 Å². The van der Waals surface area contributed by atoms with E-state index in [1.807, 2.05) is 0 Å². The molecule has 1 aromatic heterocycles. The van der Waals surface area contributed by atoms with Crippen LogP contribution in [0.15, 0.2) is 30.5 Å². The Morgan fingerprint density at radius 3 is 2.67 bits per heavy atom. The van der Waals surface area contributed by atoms with Crippen LogP contribution in [-0.4, -0.2) is 59.8 Å². The van der Waals surface area contributed by atoms with Crippen molar-refractivity contribution in [3.8, 4) is 0 Å². The van der Waals surface area contributed by atoms with Gasteiger partial charge in [0.05, 0.1) is 0 Å². The lowest BCUT2D eigenvalue weighted by atomic mass is 9.89. The summed E-state index contributed by atoms with van der Waals surface area (Å²) in [6, 6.07) is 9.02. The average Bonchev–Trinajstić information content (AvgIpc) is 2.96. The number of benzene rings is 1. The second-order valence-electron chi connectivity index (χ2n) is 7.60. The highest BCUT2D eigenvalue weighted by Gasteiger charge is 2.27. The third-order valence-electron chi connectivity index (χ3n) is 5.17. The number of nitrogens with zero attached hydrogens (tertiary/aromatic N) is 3. The lowest BCUT2D eigenvalue weighted by Crippen LogP contribution is -2.44. The molecule has 0 amide bonds. The van der Waals surface area contributed by atoms with Crippen molar-refractivity contribution in [2.24, 2.45) is 11.8 Å². The van der Waals surface area contributed by atoms with Gasteiger partial charge in [-0.1, -0.05) is 12.1 Å². The molecule has 2 aromatic rings. The number of likely N-dealkylation sites (tertiary alicyclic amines) is 1. The van der Waals surface area contributed by atoms with E-state index in [4.69, 9.17) is 0 Å². The first-order chi connectivity index (χ1) is 11.6. The van der Waals surface area contributed by atoms with Crippen molar-refractivity contribution in [2.45, 2.75) is 26.4 Å². The van der Waals surface area contributed by atoms with Crippen LogP contribution in [0.5, 0.6) is 0 Å². The van der Waals surface area contributed by atoms with Crippen LogP contribution < -0.4 is 0 Å². The Labute approximate surface area is 145 Å². The van der Waals surface area contributed by atoms with Crippen molar-refractivity contribution in [1.29, 1.82) is 0 Å². The Morgan fingerprint density at radius 2 is 1.96 bits per heavy atom. The second-order valence-corrected chi connectivity index (χ2v) is 7.60. The molecule has 24 heavy (non-hydrogen) atoms. The van der Waals surface area contributed by atoms with E-state index in [0.29, 0.717) is 18.4 Å². The molecule has 4 nitrogen and oxygen atoms in total. The number of fused-ring (bicyclic) bond motifs is 1. The highest BCUT2D eigenvalue weighted by molar-refractivity contribution is 5.80. The van der Waals surface area contributed by atoms with Crippen LogP contribution in [0.25, 0.3) is 10.9 Å². The number of rotatable bonds is 6.